The molecule has 0 radical (unpaired) electrons. The highest BCUT2D eigenvalue weighted by atomic mass is 19.4. The van der Waals surface area contributed by atoms with Crippen LogP contribution in [0, 0.1) is 0 Å². The summed E-state index contributed by atoms with van der Waals surface area (Å²) in [5.74, 6) is -0.0138. The van der Waals surface area contributed by atoms with Crippen molar-refractivity contribution in [3.63, 3.8) is 0 Å². The molecule has 138 valence electrons. The van der Waals surface area contributed by atoms with Crippen LogP contribution in [0.4, 0.5) is 18.9 Å². The van der Waals surface area contributed by atoms with Crippen LogP contribution in [0.1, 0.15) is 23.8 Å². The molecule has 2 aromatic heterocycles. The van der Waals surface area contributed by atoms with E-state index >= 15 is 0 Å². The summed E-state index contributed by atoms with van der Waals surface area (Å²) < 4.78 is 44.0. The number of halogens is 3. The lowest BCUT2D eigenvalue weighted by Gasteiger charge is -2.17. The Balaban J connectivity index is 1.56. The molecule has 1 aromatic carbocycles. The number of rotatable bonds is 3. The van der Waals surface area contributed by atoms with Gasteiger partial charge in [0, 0.05) is 36.6 Å². The summed E-state index contributed by atoms with van der Waals surface area (Å²) in [5.41, 5.74) is 0.124. The van der Waals surface area contributed by atoms with Gasteiger partial charge in [0.1, 0.15) is 0 Å². The zero-order valence-corrected chi connectivity index (χ0v) is 13.8. The number of pyridine rings is 1. The quantitative estimate of drug-likeness (QED) is 0.699. The number of nitrogens with zero attached hydrogens (tertiary/aromatic N) is 4. The summed E-state index contributed by atoms with van der Waals surface area (Å²) >= 11 is 0. The maximum atomic E-state index is 12.9. The lowest BCUT2D eigenvalue weighted by atomic mass is 10.1. The van der Waals surface area contributed by atoms with Crippen LogP contribution in [-0.2, 0) is 11.0 Å². The third kappa shape index (κ3) is 3.40. The van der Waals surface area contributed by atoms with Crippen molar-refractivity contribution in [3.8, 4) is 11.4 Å². The number of aromatic nitrogens is 3. The van der Waals surface area contributed by atoms with Crippen molar-refractivity contribution in [2.24, 2.45) is 0 Å². The van der Waals surface area contributed by atoms with E-state index < -0.39 is 11.7 Å². The molecule has 3 heterocycles. The summed E-state index contributed by atoms with van der Waals surface area (Å²) in [6.07, 6.45) is -1.18. The van der Waals surface area contributed by atoms with E-state index in [0.29, 0.717) is 5.82 Å². The second-order valence-corrected chi connectivity index (χ2v) is 6.15. The Bertz CT molecular complexity index is 972. The van der Waals surface area contributed by atoms with Gasteiger partial charge in [-0.3, -0.25) is 9.78 Å². The summed E-state index contributed by atoms with van der Waals surface area (Å²) in [6.45, 7) is 0.179. The van der Waals surface area contributed by atoms with Crippen LogP contribution in [0.25, 0.3) is 11.4 Å². The number of carbonyl (C=O) groups excluding carboxylic acids is 1. The molecule has 27 heavy (non-hydrogen) atoms. The summed E-state index contributed by atoms with van der Waals surface area (Å²) in [6, 6.07) is 8.16. The van der Waals surface area contributed by atoms with Gasteiger partial charge in [-0.25, -0.2) is 0 Å². The standard InChI is InChI=1S/C18H13F3N4O2/c19-18(20,21)13-2-1-3-14(9-13)25-10-12(8-15(25)26)17-23-16(24-27-17)11-4-6-22-7-5-11/h1-7,9,12H,8,10H2. The van der Waals surface area contributed by atoms with Gasteiger partial charge in [-0.2, -0.15) is 18.2 Å². The Morgan fingerprint density at radius 3 is 2.67 bits per heavy atom. The van der Waals surface area contributed by atoms with Crippen molar-refractivity contribution in [1.82, 2.24) is 15.1 Å². The SMILES string of the molecule is O=C1CC(c2nc(-c3ccncc3)no2)CN1c1cccc(C(F)(F)F)c1. The second-order valence-electron chi connectivity index (χ2n) is 6.15. The number of hydrogen-bond donors (Lipinski definition) is 0. The van der Waals surface area contributed by atoms with Gasteiger partial charge in [0.05, 0.1) is 11.5 Å². The molecule has 1 unspecified atom stereocenters. The molecule has 0 aliphatic carbocycles. The summed E-state index contributed by atoms with van der Waals surface area (Å²) in [4.78, 5) is 21.9. The number of hydrogen-bond acceptors (Lipinski definition) is 5. The average Bonchev–Trinajstić information content (AvgIpc) is 3.29. The molecule has 1 aliphatic heterocycles. The number of amides is 1. The number of alkyl halides is 3. The molecule has 1 atom stereocenters. The number of benzene rings is 1. The third-order valence-corrected chi connectivity index (χ3v) is 4.34. The van der Waals surface area contributed by atoms with Gasteiger partial charge in [-0.1, -0.05) is 11.2 Å². The largest absolute Gasteiger partial charge is 0.416 e. The fourth-order valence-electron chi connectivity index (χ4n) is 2.99. The molecule has 1 fully saturated rings. The molecule has 1 amide bonds. The predicted molar refractivity (Wildman–Crippen MR) is 88.7 cm³/mol. The van der Waals surface area contributed by atoms with Crippen LogP contribution in [0.5, 0.6) is 0 Å². The van der Waals surface area contributed by atoms with Crippen LogP contribution in [0.15, 0.2) is 53.3 Å². The van der Waals surface area contributed by atoms with Crippen molar-refractivity contribution < 1.29 is 22.5 Å². The van der Waals surface area contributed by atoms with Gasteiger partial charge < -0.3 is 9.42 Å². The first-order valence-corrected chi connectivity index (χ1v) is 8.13. The molecular formula is C18H13F3N4O2. The molecule has 6 nitrogen and oxygen atoms in total. The van der Waals surface area contributed by atoms with E-state index in [9.17, 15) is 18.0 Å². The van der Waals surface area contributed by atoms with Crippen LogP contribution in [0.3, 0.4) is 0 Å². The summed E-state index contributed by atoms with van der Waals surface area (Å²) in [5, 5.41) is 3.91. The minimum atomic E-state index is -4.47. The van der Waals surface area contributed by atoms with E-state index in [1.807, 2.05) is 0 Å². The lowest BCUT2D eigenvalue weighted by Crippen LogP contribution is -2.24. The van der Waals surface area contributed by atoms with Gasteiger partial charge in [0.2, 0.25) is 17.6 Å². The normalized spacial score (nSPS) is 17.5. The molecule has 0 saturated carbocycles. The van der Waals surface area contributed by atoms with Crippen molar-refractivity contribution in [3.05, 3.63) is 60.2 Å². The van der Waals surface area contributed by atoms with Crippen molar-refractivity contribution in [2.75, 3.05) is 11.4 Å². The Morgan fingerprint density at radius 2 is 1.93 bits per heavy atom. The molecule has 1 saturated heterocycles. The van der Waals surface area contributed by atoms with E-state index in [1.165, 1.54) is 17.0 Å². The van der Waals surface area contributed by atoms with Gasteiger partial charge in [0.25, 0.3) is 0 Å². The predicted octanol–water partition coefficient (Wildman–Crippen LogP) is 3.67. The minimum Gasteiger partial charge on any atom is -0.339 e. The first-order valence-electron chi connectivity index (χ1n) is 8.13. The Kier molecular flexibility index (Phi) is 4.14. The van der Waals surface area contributed by atoms with Crippen LogP contribution in [-0.4, -0.2) is 27.6 Å². The van der Waals surface area contributed by atoms with Crippen LogP contribution in [0.2, 0.25) is 0 Å². The monoisotopic (exact) mass is 374 g/mol. The van der Waals surface area contributed by atoms with Gasteiger partial charge >= 0.3 is 6.18 Å². The first-order chi connectivity index (χ1) is 12.9. The number of carbonyl (C=O) groups is 1. The molecule has 1 aliphatic rings. The molecule has 0 bridgehead atoms. The number of anilines is 1. The first kappa shape index (κ1) is 17.2. The Labute approximate surface area is 151 Å². The fraction of sp³-hybridized carbons (Fsp3) is 0.222. The van der Waals surface area contributed by atoms with Crippen LogP contribution >= 0.6 is 0 Å². The van der Waals surface area contributed by atoms with E-state index in [-0.39, 0.29) is 36.4 Å². The fourth-order valence-corrected chi connectivity index (χ4v) is 2.99. The average molecular weight is 374 g/mol. The molecular weight excluding hydrogens is 361 g/mol. The van der Waals surface area contributed by atoms with Gasteiger partial charge in [0.15, 0.2) is 0 Å². The Hall–Kier alpha value is -3.23. The molecule has 3 aromatic rings. The van der Waals surface area contributed by atoms with Crippen molar-refractivity contribution >= 4 is 11.6 Å². The summed E-state index contributed by atoms with van der Waals surface area (Å²) in [7, 11) is 0. The molecule has 0 N–H and O–H groups in total. The second kappa shape index (κ2) is 6.49. The zero-order chi connectivity index (χ0) is 19.0. The van der Waals surface area contributed by atoms with Gasteiger partial charge in [-0.15, -0.1) is 0 Å². The maximum absolute atomic E-state index is 12.9. The maximum Gasteiger partial charge on any atom is 0.416 e. The van der Waals surface area contributed by atoms with E-state index in [0.717, 1.165) is 17.7 Å². The van der Waals surface area contributed by atoms with E-state index in [2.05, 4.69) is 15.1 Å². The smallest absolute Gasteiger partial charge is 0.339 e. The van der Waals surface area contributed by atoms with Crippen LogP contribution < -0.4 is 4.90 Å². The molecule has 9 heteroatoms. The highest BCUT2D eigenvalue weighted by Crippen LogP contribution is 2.35. The Morgan fingerprint density at radius 1 is 1.15 bits per heavy atom. The van der Waals surface area contributed by atoms with Gasteiger partial charge in [-0.05, 0) is 30.3 Å². The highest BCUT2D eigenvalue weighted by molar-refractivity contribution is 5.96. The van der Waals surface area contributed by atoms with Crippen molar-refractivity contribution in [1.29, 1.82) is 0 Å². The topological polar surface area (TPSA) is 72.1 Å². The van der Waals surface area contributed by atoms with E-state index in [4.69, 9.17) is 4.52 Å². The van der Waals surface area contributed by atoms with E-state index in [1.54, 1.807) is 24.5 Å². The lowest BCUT2D eigenvalue weighted by molar-refractivity contribution is -0.137. The third-order valence-electron chi connectivity index (χ3n) is 4.34. The zero-order valence-electron chi connectivity index (χ0n) is 13.8. The molecule has 0 spiro atoms. The molecule has 4 rings (SSSR count). The minimum absolute atomic E-state index is 0.0915. The highest BCUT2D eigenvalue weighted by Gasteiger charge is 2.37. The van der Waals surface area contributed by atoms with Crippen molar-refractivity contribution in [2.45, 2.75) is 18.5 Å².